The van der Waals surface area contributed by atoms with Crippen molar-refractivity contribution in [3.63, 3.8) is 0 Å². The minimum absolute atomic E-state index is 0. The highest BCUT2D eigenvalue weighted by molar-refractivity contribution is 7.86. The molecule has 3 rings (SSSR count). The van der Waals surface area contributed by atoms with E-state index in [9.17, 15) is 13.4 Å². The lowest BCUT2D eigenvalue weighted by molar-refractivity contribution is 0.262. The maximum atomic E-state index is 12.9. The molecule has 0 aliphatic heterocycles. The van der Waals surface area contributed by atoms with Crippen LogP contribution in [0.3, 0.4) is 0 Å². The molecule has 9 heteroatoms. The molecule has 0 aliphatic carbocycles. The van der Waals surface area contributed by atoms with Gasteiger partial charge in [0.1, 0.15) is 16.8 Å². The van der Waals surface area contributed by atoms with Crippen molar-refractivity contribution in [3.8, 4) is 0 Å². The van der Waals surface area contributed by atoms with Crippen LogP contribution in [0, 0.1) is 5.82 Å². The zero-order valence-electron chi connectivity index (χ0n) is 14.0. The molecule has 0 saturated heterocycles. The first-order chi connectivity index (χ1) is 12.6. The number of aromatic nitrogens is 1. The summed E-state index contributed by atoms with van der Waals surface area (Å²) in [4.78, 5) is 16.3. The Kier molecular flexibility index (Phi) is 6.98. The van der Waals surface area contributed by atoms with Gasteiger partial charge in [0.05, 0.1) is 16.8 Å². The predicted molar refractivity (Wildman–Crippen MR) is 103 cm³/mol. The largest absolute Gasteiger partial charge is 0.412 e. The number of benzene rings is 2. The van der Waals surface area contributed by atoms with Gasteiger partial charge in [0.2, 0.25) is 0 Å². The van der Waals surface area contributed by atoms with Gasteiger partial charge >= 0.3 is 6.03 Å². The number of anilines is 3. The SMILES string of the molecule is O.O=C(Nc1ccc(NS(=O)c2ccc(F)cc2)cc1)Nc1cccnc1. The Balaban J connectivity index is 0.00000261. The minimum Gasteiger partial charge on any atom is -0.412 e. The molecule has 1 atom stereocenters. The van der Waals surface area contributed by atoms with Crippen LogP contribution in [0.5, 0.6) is 0 Å². The van der Waals surface area contributed by atoms with Crippen molar-refractivity contribution in [2.45, 2.75) is 4.90 Å². The lowest BCUT2D eigenvalue weighted by atomic mass is 10.3. The van der Waals surface area contributed by atoms with Crippen molar-refractivity contribution in [2.24, 2.45) is 0 Å². The van der Waals surface area contributed by atoms with E-state index in [1.54, 1.807) is 42.6 Å². The highest BCUT2D eigenvalue weighted by atomic mass is 32.2. The molecule has 0 fully saturated rings. The summed E-state index contributed by atoms with van der Waals surface area (Å²) >= 11 is 0. The van der Waals surface area contributed by atoms with E-state index >= 15 is 0 Å². The van der Waals surface area contributed by atoms with Crippen molar-refractivity contribution in [2.75, 3.05) is 15.4 Å². The molecule has 2 amide bonds. The Hall–Kier alpha value is -3.30. The van der Waals surface area contributed by atoms with E-state index in [2.05, 4.69) is 20.3 Å². The Labute approximate surface area is 157 Å². The maximum absolute atomic E-state index is 12.9. The third kappa shape index (κ3) is 5.87. The number of halogens is 1. The third-order valence-electron chi connectivity index (χ3n) is 3.30. The highest BCUT2D eigenvalue weighted by Crippen LogP contribution is 2.17. The predicted octanol–water partition coefficient (Wildman–Crippen LogP) is 3.17. The van der Waals surface area contributed by atoms with Gasteiger partial charge in [-0.3, -0.25) is 4.98 Å². The summed E-state index contributed by atoms with van der Waals surface area (Å²) in [7, 11) is -1.51. The quantitative estimate of drug-likeness (QED) is 0.623. The van der Waals surface area contributed by atoms with Crippen LogP contribution in [0.15, 0.2) is 78.0 Å². The molecule has 27 heavy (non-hydrogen) atoms. The van der Waals surface area contributed by atoms with Crippen LogP contribution in [0.1, 0.15) is 0 Å². The van der Waals surface area contributed by atoms with Crippen LogP contribution in [0.25, 0.3) is 0 Å². The molecule has 0 aliphatic rings. The first kappa shape index (κ1) is 20.0. The molecule has 0 saturated carbocycles. The molecule has 0 radical (unpaired) electrons. The molecule has 140 valence electrons. The first-order valence-electron chi connectivity index (χ1n) is 7.62. The molecule has 7 nitrogen and oxygen atoms in total. The van der Waals surface area contributed by atoms with Crippen molar-refractivity contribution >= 4 is 34.1 Å². The average Bonchev–Trinajstić information content (AvgIpc) is 2.64. The third-order valence-corrected chi connectivity index (χ3v) is 4.42. The number of carbonyl (C=O) groups is 1. The number of hydrogen-bond donors (Lipinski definition) is 3. The second-order valence-electron chi connectivity index (χ2n) is 5.22. The van der Waals surface area contributed by atoms with Gasteiger partial charge in [-0.15, -0.1) is 0 Å². The van der Waals surface area contributed by atoms with E-state index in [1.807, 2.05) is 0 Å². The van der Waals surface area contributed by atoms with E-state index in [4.69, 9.17) is 0 Å². The van der Waals surface area contributed by atoms with Gasteiger partial charge in [0, 0.05) is 17.6 Å². The van der Waals surface area contributed by atoms with Crippen molar-refractivity contribution < 1.29 is 18.9 Å². The summed E-state index contributed by atoms with van der Waals surface area (Å²) < 4.78 is 27.9. The van der Waals surface area contributed by atoms with Crippen LogP contribution < -0.4 is 15.4 Å². The van der Waals surface area contributed by atoms with Crippen LogP contribution in [-0.2, 0) is 11.0 Å². The monoisotopic (exact) mass is 388 g/mol. The molecule has 1 unspecified atom stereocenters. The molecule has 0 bridgehead atoms. The Morgan fingerprint density at radius 3 is 2.15 bits per heavy atom. The summed E-state index contributed by atoms with van der Waals surface area (Å²) in [5.74, 6) is -0.384. The molecule has 3 aromatic rings. The zero-order chi connectivity index (χ0) is 18.4. The molecule has 5 N–H and O–H groups in total. The maximum Gasteiger partial charge on any atom is 0.323 e. The van der Waals surface area contributed by atoms with Crippen molar-refractivity contribution in [1.29, 1.82) is 0 Å². The van der Waals surface area contributed by atoms with Crippen LogP contribution in [-0.4, -0.2) is 20.7 Å². The van der Waals surface area contributed by atoms with Crippen molar-refractivity contribution in [3.05, 3.63) is 78.9 Å². The molecule has 1 aromatic heterocycles. The van der Waals surface area contributed by atoms with Crippen LogP contribution in [0.2, 0.25) is 0 Å². The van der Waals surface area contributed by atoms with E-state index < -0.39 is 17.0 Å². The van der Waals surface area contributed by atoms with Crippen LogP contribution in [0.4, 0.5) is 26.2 Å². The van der Waals surface area contributed by atoms with Gasteiger partial charge in [-0.25, -0.2) is 13.4 Å². The fourth-order valence-corrected chi connectivity index (χ4v) is 2.93. The summed E-state index contributed by atoms with van der Waals surface area (Å²) in [5.41, 5.74) is 1.76. The minimum atomic E-state index is -1.51. The van der Waals surface area contributed by atoms with Crippen molar-refractivity contribution in [1.82, 2.24) is 4.98 Å². The number of carbonyl (C=O) groups excluding carboxylic acids is 1. The lowest BCUT2D eigenvalue weighted by Gasteiger charge is -2.09. The van der Waals surface area contributed by atoms with E-state index in [0.717, 1.165) is 0 Å². The standard InChI is InChI=1S/C18H15FN4O2S.H2O/c19-13-3-9-17(10-4-13)26(25)23-15-7-5-14(6-8-15)21-18(24)22-16-2-1-11-20-12-16;/h1-12,23H,(H2,21,22,24);1H2. The second kappa shape index (κ2) is 9.41. The van der Waals surface area contributed by atoms with Gasteiger partial charge in [-0.2, -0.15) is 0 Å². The summed E-state index contributed by atoms with van der Waals surface area (Å²) in [6, 6.07) is 15.2. The lowest BCUT2D eigenvalue weighted by Crippen LogP contribution is -2.19. The van der Waals surface area contributed by atoms with Gasteiger partial charge in [-0.1, -0.05) is 0 Å². The van der Waals surface area contributed by atoms with Gasteiger partial charge in [0.25, 0.3) is 0 Å². The van der Waals surface area contributed by atoms with Crippen LogP contribution >= 0.6 is 0 Å². The molecule has 0 spiro atoms. The fraction of sp³-hybridized carbons (Fsp3) is 0. The highest BCUT2D eigenvalue weighted by Gasteiger charge is 2.06. The topological polar surface area (TPSA) is 115 Å². The number of rotatable bonds is 5. The number of amides is 2. The second-order valence-corrected chi connectivity index (χ2v) is 6.44. The van der Waals surface area contributed by atoms with E-state index in [0.29, 0.717) is 22.0 Å². The normalized spacial score (nSPS) is 11.0. The van der Waals surface area contributed by atoms with Gasteiger partial charge in [0.15, 0.2) is 0 Å². The van der Waals surface area contributed by atoms with E-state index in [-0.39, 0.29) is 11.3 Å². The summed E-state index contributed by atoms with van der Waals surface area (Å²) in [5, 5.41) is 5.34. The average molecular weight is 388 g/mol. The number of nitrogens with zero attached hydrogens (tertiary/aromatic N) is 1. The molecule has 2 aromatic carbocycles. The number of nitrogens with one attached hydrogen (secondary N) is 3. The Morgan fingerprint density at radius 1 is 0.889 bits per heavy atom. The first-order valence-corrected chi connectivity index (χ1v) is 8.77. The molecular formula is C18H17FN4O3S. The summed E-state index contributed by atoms with van der Waals surface area (Å²) in [6.07, 6.45) is 3.15. The Morgan fingerprint density at radius 2 is 1.52 bits per heavy atom. The zero-order valence-corrected chi connectivity index (χ0v) is 14.8. The number of urea groups is 1. The van der Waals surface area contributed by atoms with Gasteiger partial charge < -0.3 is 20.8 Å². The number of hydrogen-bond acceptors (Lipinski definition) is 3. The fourth-order valence-electron chi connectivity index (χ4n) is 2.08. The molecule has 1 heterocycles. The van der Waals surface area contributed by atoms with E-state index in [1.165, 1.54) is 30.5 Å². The Bertz CT molecular complexity index is 906. The number of pyridine rings is 1. The smallest absolute Gasteiger partial charge is 0.323 e. The molecular weight excluding hydrogens is 371 g/mol. The summed E-state index contributed by atoms with van der Waals surface area (Å²) in [6.45, 7) is 0. The van der Waals surface area contributed by atoms with Gasteiger partial charge in [-0.05, 0) is 60.7 Å².